The summed E-state index contributed by atoms with van der Waals surface area (Å²) in [6, 6.07) is 9.38. The Bertz CT molecular complexity index is 790. The number of aromatic nitrogens is 2. The average Bonchev–Trinajstić information content (AvgIpc) is 3.21. The summed E-state index contributed by atoms with van der Waals surface area (Å²) in [6.45, 7) is 6.77. The van der Waals surface area contributed by atoms with E-state index in [1.54, 1.807) is 12.6 Å². The van der Waals surface area contributed by atoms with Crippen LogP contribution in [0, 0.1) is 5.92 Å². The van der Waals surface area contributed by atoms with Gasteiger partial charge >= 0.3 is 0 Å². The van der Waals surface area contributed by atoms with Gasteiger partial charge in [0.15, 0.2) is 0 Å². The van der Waals surface area contributed by atoms with Crippen molar-refractivity contribution in [3.05, 3.63) is 54.2 Å². The minimum Gasteiger partial charge on any atom is -0.467 e. The van der Waals surface area contributed by atoms with E-state index in [1.807, 2.05) is 35.2 Å². The predicted octanol–water partition coefficient (Wildman–Crippen LogP) is 3.84. The maximum absolute atomic E-state index is 13.0. The van der Waals surface area contributed by atoms with E-state index in [-0.39, 0.29) is 11.9 Å². The lowest BCUT2D eigenvalue weighted by Crippen LogP contribution is -2.40. The molecule has 0 aliphatic carbocycles. The number of rotatable bonds is 5. The molecule has 1 aromatic carbocycles. The summed E-state index contributed by atoms with van der Waals surface area (Å²) in [6.07, 6.45) is 3.27. The lowest BCUT2D eigenvalue weighted by Gasteiger charge is -2.31. The Morgan fingerprint density at radius 2 is 2.13 bits per heavy atom. The molecule has 2 aromatic heterocycles. The van der Waals surface area contributed by atoms with Crippen molar-refractivity contribution in [1.82, 2.24) is 14.9 Å². The summed E-state index contributed by atoms with van der Waals surface area (Å²) in [5.74, 6) is 1.14. The summed E-state index contributed by atoms with van der Waals surface area (Å²) < 4.78 is 5.43. The first-order valence-corrected chi connectivity index (χ1v) is 7.82. The number of H-pyrrole nitrogens is 1. The molecule has 5 nitrogen and oxygen atoms in total. The number of amides is 1. The van der Waals surface area contributed by atoms with Crippen LogP contribution in [0.5, 0.6) is 0 Å². The van der Waals surface area contributed by atoms with E-state index in [4.69, 9.17) is 4.42 Å². The molecule has 1 N–H and O–H groups in total. The molecule has 3 aromatic rings. The smallest absolute Gasteiger partial charge is 0.254 e. The Labute approximate surface area is 135 Å². The Balaban J connectivity index is 1.92. The maximum Gasteiger partial charge on any atom is 0.254 e. The molecule has 0 spiro atoms. The Kier molecular flexibility index (Phi) is 4.19. The van der Waals surface area contributed by atoms with Crippen LogP contribution in [0.3, 0.4) is 0 Å². The Morgan fingerprint density at radius 3 is 2.83 bits per heavy atom. The number of furan rings is 1. The van der Waals surface area contributed by atoms with Crippen LogP contribution in [0.4, 0.5) is 0 Å². The highest BCUT2D eigenvalue weighted by Gasteiger charge is 2.25. The van der Waals surface area contributed by atoms with Crippen LogP contribution in [0.2, 0.25) is 0 Å². The monoisotopic (exact) mass is 311 g/mol. The number of nitrogens with one attached hydrogen (secondary N) is 1. The van der Waals surface area contributed by atoms with Crippen LogP contribution >= 0.6 is 0 Å². The lowest BCUT2D eigenvalue weighted by atomic mass is 10.0. The molecule has 5 heteroatoms. The van der Waals surface area contributed by atoms with Gasteiger partial charge in [0, 0.05) is 11.6 Å². The van der Waals surface area contributed by atoms with Gasteiger partial charge in [0.25, 0.3) is 5.91 Å². The molecule has 0 saturated carbocycles. The summed E-state index contributed by atoms with van der Waals surface area (Å²) >= 11 is 0. The predicted molar refractivity (Wildman–Crippen MR) is 89.0 cm³/mol. The van der Waals surface area contributed by atoms with Gasteiger partial charge in [0.2, 0.25) is 0 Å². The van der Waals surface area contributed by atoms with Crippen LogP contribution in [-0.4, -0.2) is 26.8 Å². The molecule has 1 amide bonds. The van der Waals surface area contributed by atoms with Crippen molar-refractivity contribution in [2.24, 2.45) is 5.92 Å². The first-order chi connectivity index (χ1) is 11.1. The fourth-order valence-corrected chi connectivity index (χ4v) is 2.57. The second-order valence-corrected chi connectivity index (χ2v) is 6.13. The number of fused-ring (bicyclic) bond motifs is 1. The van der Waals surface area contributed by atoms with Gasteiger partial charge in [0.1, 0.15) is 5.76 Å². The van der Waals surface area contributed by atoms with Gasteiger partial charge < -0.3 is 14.3 Å². The summed E-state index contributed by atoms with van der Waals surface area (Å²) in [5.41, 5.74) is 2.38. The number of hydrogen-bond acceptors (Lipinski definition) is 3. The number of hydrogen-bond donors (Lipinski definition) is 1. The van der Waals surface area contributed by atoms with E-state index in [0.29, 0.717) is 18.0 Å². The third kappa shape index (κ3) is 3.13. The van der Waals surface area contributed by atoms with Gasteiger partial charge in [-0.15, -0.1) is 0 Å². The molecule has 0 saturated heterocycles. The zero-order valence-electron chi connectivity index (χ0n) is 13.6. The van der Waals surface area contributed by atoms with Crippen LogP contribution in [0.15, 0.2) is 47.3 Å². The number of carbonyl (C=O) groups excluding carboxylic acids is 1. The molecule has 0 radical (unpaired) electrons. The molecule has 0 aliphatic rings. The average molecular weight is 311 g/mol. The number of aromatic amines is 1. The van der Waals surface area contributed by atoms with Crippen LogP contribution in [0.1, 0.15) is 36.9 Å². The molecule has 0 bridgehead atoms. The summed E-state index contributed by atoms with van der Waals surface area (Å²) in [5, 5.41) is 0. The van der Waals surface area contributed by atoms with Gasteiger partial charge in [0.05, 0.1) is 30.2 Å². The molecule has 3 rings (SSSR count). The number of nitrogens with zero attached hydrogens (tertiary/aromatic N) is 2. The van der Waals surface area contributed by atoms with E-state index < -0.39 is 0 Å². The highest BCUT2D eigenvalue weighted by molar-refractivity contribution is 5.97. The third-order valence-corrected chi connectivity index (χ3v) is 4.29. The minimum atomic E-state index is -0.000833. The third-order valence-electron chi connectivity index (χ3n) is 4.29. The van der Waals surface area contributed by atoms with Gasteiger partial charge in [-0.2, -0.15) is 0 Å². The first kappa shape index (κ1) is 15.3. The number of imidazole rings is 1. The molecular weight excluding hydrogens is 290 g/mol. The van der Waals surface area contributed by atoms with Crippen LogP contribution < -0.4 is 0 Å². The zero-order chi connectivity index (χ0) is 16.4. The Hall–Kier alpha value is -2.56. The van der Waals surface area contributed by atoms with Gasteiger partial charge in [-0.05, 0) is 43.2 Å². The van der Waals surface area contributed by atoms with E-state index in [1.165, 1.54) is 0 Å². The van der Waals surface area contributed by atoms with E-state index in [0.717, 1.165) is 16.8 Å². The van der Waals surface area contributed by atoms with Crippen LogP contribution in [-0.2, 0) is 6.54 Å². The van der Waals surface area contributed by atoms with Crippen molar-refractivity contribution >= 4 is 16.9 Å². The highest BCUT2D eigenvalue weighted by Crippen LogP contribution is 2.20. The van der Waals surface area contributed by atoms with Crippen molar-refractivity contribution in [3.63, 3.8) is 0 Å². The van der Waals surface area contributed by atoms with E-state index in [2.05, 4.69) is 30.7 Å². The van der Waals surface area contributed by atoms with E-state index >= 15 is 0 Å². The lowest BCUT2D eigenvalue weighted by molar-refractivity contribution is 0.0611. The summed E-state index contributed by atoms with van der Waals surface area (Å²) in [7, 11) is 0. The molecule has 120 valence electrons. The molecule has 2 heterocycles. The second-order valence-electron chi connectivity index (χ2n) is 6.13. The van der Waals surface area contributed by atoms with Crippen molar-refractivity contribution in [1.29, 1.82) is 0 Å². The van der Waals surface area contributed by atoms with Crippen molar-refractivity contribution < 1.29 is 9.21 Å². The van der Waals surface area contributed by atoms with Gasteiger partial charge in [-0.25, -0.2) is 4.98 Å². The van der Waals surface area contributed by atoms with Gasteiger partial charge in [-0.1, -0.05) is 13.8 Å². The standard InChI is InChI=1S/C18H21N3O2/c1-12(2)13(3)21(10-15-5-4-8-23-15)18(22)14-6-7-16-17(9-14)20-11-19-16/h4-9,11-13H,10H2,1-3H3,(H,19,20). The number of benzene rings is 1. The molecule has 0 fully saturated rings. The molecule has 23 heavy (non-hydrogen) atoms. The molecule has 1 unspecified atom stereocenters. The quantitative estimate of drug-likeness (QED) is 0.778. The molecule has 0 aliphatic heterocycles. The summed E-state index contributed by atoms with van der Waals surface area (Å²) in [4.78, 5) is 22.1. The topological polar surface area (TPSA) is 62.1 Å². The fraction of sp³-hybridized carbons (Fsp3) is 0.333. The van der Waals surface area contributed by atoms with Crippen molar-refractivity contribution in [2.45, 2.75) is 33.4 Å². The molecule has 1 atom stereocenters. The van der Waals surface area contributed by atoms with Crippen LogP contribution in [0.25, 0.3) is 11.0 Å². The largest absolute Gasteiger partial charge is 0.467 e. The van der Waals surface area contributed by atoms with E-state index in [9.17, 15) is 4.79 Å². The maximum atomic E-state index is 13.0. The highest BCUT2D eigenvalue weighted by atomic mass is 16.3. The number of carbonyl (C=O) groups is 1. The SMILES string of the molecule is CC(C)C(C)N(Cc1ccco1)C(=O)c1ccc2nc[nH]c2c1. The van der Waals surface area contributed by atoms with Crippen molar-refractivity contribution in [2.75, 3.05) is 0 Å². The first-order valence-electron chi connectivity index (χ1n) is 7.82. The Morgan fingerprint density at radius 1 is 1.30 bits per heavy atom. The zero-order valence-corrected chi connectivity index (χ0v) is 13.6. The minimum absolute atomic E-state index is 0.000833. The fourth-order valence-electron chi connectivity index (χ4n) is 2.57. The molecular formula is C18H21N3O2. The second kappa shape index (κ2) is 6.28. The van der Waals surface area contributed by atoms with Gasteiger partial charge in [-0.3, -0.25) is 4.79 Å². The van der Waals surface area contributed by atoms with Crippen molar-refractivity contribution in [3.8, 4) is 0 Å². The normalized spacial score (nSPS) is 12.7.